The van der Waals surface area contributed by atoms with Crippen LogP contribution in [0.2, 0.25) is 0 Å². The molecule has 4 heterocycles. The van der Waals surface area contributed by atoms with E-state index >= 15 is 0 Å². The minimum atomic E-state index is -0.379. The third kappa shape index (κ3) is 2.71. The maximum Gasteiger partial charge on any atom is 0.254 e. The van der Waals surface area contributed by atoms with Crippen LogP contribution < -0.4 is 5.73 Å². The smallest absolute Gasteiger partial charge is 0.254 e. The molecule has 0 spiro atoms. The predicted molar refractivity (Wildman–Crippen MR) is 132 cm³/mol. The summed E-state index contributed by atoms with van der Waals surface area (Å²) in [6.07, 6.45) is 13.3. The molecule has 3 aliphatic rings. The topological polar surface area (TPSA) is 89.9 Å². The van der Waals surface area contributed by atoms with Crippen LogP contribution in [0.15, 0.2) is 48.8 Å². The number of aromatic nitrogens is 4. The molecule has 1 saturated carbocycles. The minimum Gasteiger partial charge on any atom is -0.331 e. The zero-order valence-corrected chi connectivity index (χ0v) is 19.4. The molecule has 2 aromatic heterocycles. The van der Waals surface area contributed by atoms with Crippen molar-refractivity contribution < 1.29 is 4.79 Å². The number of hydrogen-bond acceptors (Lipinski definition) is 5. The van der Waals surface area contributed by atoms with E-state index in [2.05, 4.69) is 26.5 Å². The Morgan fingerprint density at radius 3 is 2.63 bits per heavy atom. The van der Waals surface area contributed by atoms with E-state index in [0.717, 1.165) is 70.6 Å². The van der Waals surface area contributed by atoms with Gasteiger partial charge in [-0.15, -0.1) is 6.42 Å². The number of hydrogen-bond donors (Lipinski definition) is 1. The van der Waals surface area contributed by atoms with Gasteiger partial charge < -0.3 is 15.2 Å². The summed E-state index contributed by atoms with van der Waals surface area (Å²) in [6.45, 7) is 0. The fourth-order valence-corrected chi connectivity index (χ4v) is 5.94. The van der Waals surface area contributed by atoms with Crippen molar-refractivity contribution in [3.8, 4) is 23.5 Å². The van der Waals surface area contributed by atoms with Crippen molar-refractivity contribution in [1.82, 2.24) is 24.4 Å². The second-order valence-electron chi connectivity index (χ2n) is 9.94. The molecule has 0 radical (unpaired) electrons. The summed E-state index contributed by atoms with van der Waals surface area (Å²) in [5.41, 5.74) is 12.2. The number of imidazole rings is 1. The fourth-order valence-electron chi connectivity index (χ4n) is 5.94. The van der Waals surface area contributed by atoms with E-state index in [0.29, 0.717) is 5.56 Å². The van der Waals surface area contributed by atoms with Crippen LogP contribution in [-0.2, 0) is 5.54 Å². The highest BCUT2D eigenvalue weighted by Crippen LogP contribution is 2.48. The summed E-state index contributed by atoms with van der Waals surface area (Å²) < 4.78 is 2.27. The molecule has 1 aliphatic carbocycles. The lowest BCUT2D eigenvalue weighted by Gasteiger charge is -2.36. The highest BCUT2D eigenvalue weighted by atomic mass is 16.2. The van der Waals surface area contributed by atoms with Crippen molar-refractivity contribution in [3.63, 3.8) is 0 Å². The van der Waals surface area contributed by atoms with E-state index in [1.54, 1.807) is 4.90 Å². The molecule has 2 atom stereocenters. The Labute approximate surface area is 203 Å². The zero-order valence-electron chi connectivity index (χ0n) is 19.4. The van der Waals surface area contributed by atoms with Crippen LogP contribution in [-0.4, -0.2) is 37.4 Å². The van der Waals surface area contributed by atoms with Crippen LogP contribution in [0, 0.1) is 12.3 Å². The molecule has 7 rings (SSSR count). The van der Waals surface area contributed by atoms with Crippen molar-refractivity contribution in [2.45, 2.75) is 43.3 Å². The standard InChI is InChI=1S/C28H24N6O/c1-3-16-6-4-7-19-24(16)22-13-23(33(2)26(19)35)25-32-20-9-8-17(12-21(20)34(22)25)18-14-30-27(31-15-18)28(29)10-5-11-28/h1,4,6-9,12,14-15,22-23H,5,10-11,13,29H2,2H3/t22-,23-/m1/s1. The number of rotatable bonds is 2. The molecule has 1 fully saturated rings. The van der Waals surface area contributed by atoms with Crippen LogP contribution in [0.4, 0.5) is 0 Å². The number of fused-ring (bicyclic) bond motifs is 9. The van der Waals surface area contributed by atoms with Crippen molar-refractivity contribution in [3.05, 3.63) is 77.1 Å². The zero-order chi connectivity index (χ0) is 23.9. The van der Waals surface area contributed by atoms with E-state index in [1.807, 2.05) is 49.8 Å². The highest BCUT2D eigenvalue weighted by Gasteiger charge is 2.44. The van der Waals surface area contributed by atoms with Gasteiger partial charge in [-0.25, -0.2) is 15.0 Å². The van der Waals surface area contributed by atoms with Crippen LogP contribution in [0.1, 0.15) is 70.9 Å². The number of benzene rings is 2. The van der Waals surface area contributed by atoms with E-state index < -0.39 is 0 Å². The third-order valence-corrected chi connectivity index (χ3v) is 8.06. The molecule has 35 heavy (non-hydrogen) atoms. The second kappa shape index (κ2) is 7.00. The van der Waals surface area contributed by atoms with Crippen LogP contribution in [0.3, 0.4) is 0 Å². The summed E-state index contributed by atoms with van der Waals surface area (Å²) in [5.74, 6) is 4.41. The van der Waals surface area contributed by atoms with E-state index in [9.17, 15) is 4.79 Å². The van der Waals surface area contributed by atoms with Gasteiger partial charge in [0.15, 0.2) is 0 Å². The van der Waals surface area contributed by atoms with Crippen LogP contribution in [0.5, 0.6) is 0 Å². The number of nitrogens with zero attached hydrogens (tertiary/aromatic N) is 5. The predicted octanol–water partition coefficient (Wildman–Crippen LogP) is 3.93. The number of nitrogens with two attached hydrogens (primary N) is 1. The highest BCUT2D eigenvalue weighted by molar-refractivity contribution is 5.98. The maximum absolute atomic E-state index is 13.3. The first kappa shape index (κ1) is 20.4. The van der Waals surface area contributed by atoms with Crippen LogP contribution >= 0.6 is 0 Å². The molecule has 7 heteroatoms. The van der Waals surface area contributed by atoms with E-state index in [-0.39, 0.29) is 23.5 Å². The molecule has 2 aliphatic heterocycles. The van der Waals surface area contributed by atoms with Crippen LogP contribution in [0.25, 0.3) is 22.2 Å². The Morgan fingerprint density at radius 2 is 1.91 bits per heavy atom. The Kier molecular flexibility index (Phi) is 4.07. The van der Waals surface area contributed by atoms with E-state index in [4.69, 9.17) is 17.1 Å². The van der Waals surface area contributed by atoms with Gasteiger partial charge in [0, 0.05) is 48.1 Å². The largest absolute Gasteiger partial charge is 0.331 e. The molecular weight excluding hydrogens is 436 g/mol. The molecule has 172 valence electrons. The normalized spacial score (nSPS) is 21.7. The van der Waals surface area contributed by atoms with Gasteiger partial charge in [-0.3, -0.25) is 4.79 Å². The van der Waals surface area contributed by atoms with Gasteiger partial charge in [-0.1, -0.05) is 18.1 Å². The van der Waals surface area contributed by atoms with E-state index in [1.165, 1.54) is 0 Å². The van der Waals surface area contributed by atoms with Crippen molar-refractivity contribution in [2.24, 2.45) is 5.73 Å². The summed E-state index contributed by atoms with van der Waals surface area (Å²) in [7, 11) is 1.85. The molecule has 4 aromatic rings. The Bertz CT molecular complexity index is 1570. The monoisotopic (exact) mass is 460 g/mol. The molecular formula is C28H24N6O. The van der Waals surface area contributed by atoms with Crippen molar-refractivity contribution in [2.75, 3.05) is 7.05 Å². The number of terminal acetylenes is 1. The fraction of sp³-hybridized carbons (Fsp3) is 0.286. The molecule has 2 aromatic carbocycles. The lowest BCUT2D eigenvalue weighted by atomic mass is 9.77. The maximum atomic E-state index is 13.3. The summed E-state index contributed by atoms with van der Waals surface area (Å²) in [4.78, 5) is 29.2. The molecule has 1 amide bonds. The lowest BCUT2D eigenvalue weighted by molar-refractivity contribution is 0.0734. The first-order valence-corrected chi connectivity index (χ1v) is 12.0. The van der Waals surface area contributed by atoms with Gasteiger partial charge >= 0.3 is 0 Å². The molecule has 2 N–H and O–H groups in total. The Morgan fingerprint density at radius 1 is 1.11 bits per heavy atom. The second-order valence-corrected chi connectivity index (χ2v) is 9.94. The number of carbonyl (C=O) groups excluding carboxylic acids is 1. The quantitative estimate of drug-likeness (QED) is 0.458. The van der Waals surface area contributed by atoms with Crippen molar-refractivity contribution in [1.29, 1.82) is 0 Å². The summed E-state index contributed by atoms with van der Waals surface area (Å²) in [6, 6.07) is 11.7. The number of amides is 1. The molecule has 7 nitrogen and oxygen atoms in total. The first-order valence-electron chi connectivity index (χ1n) is 12.0. The number of carbonyl (C=O) groups is 1. The van der Waals surface area contributed by atoms with Gasteiger partial charge in [0.25, 0.3) is 5.91 Å². The van der Waals surface area contributed by atoms with Gasteiger partial charge in [0.2, 0.25) is 0 Å². The van der Waals surface area contributed by atoms with Gasteiger partial charge in [0.1, 0.15) is 11.6 Å². The van der Waals surface area contributed by atoms with Gasteiger partial charge in [0.05, 0.1) is 28.7 Å². The average Bonchev–Trinajstić information content (AvgIpc) is 3.39. The lowest BCUT2D eigenvalue weighted by Crippen LogP contribution is -2.44. The minimum absolute atomic E-state index is 0.00929. The average molecular weight is 461 g/mol. The SMILES string of the molecule is C#Cc1cccc2c1[C@H]1C[C@H](c3nc4ccc(-c5cnc(C6(N)CCC6)nc5)cc4n31)N(C)C2=O. The summed E-state index contributed by atoms with van der Waals surface area (Å²) in [5, 5.41) is 0. The Hall–Kier alpha value is -4.02. The first-order chi connectivity index (χ1) is 17.0. The Balaban J connectivity index is 1.38. The van der Waals surface area contributed by atoms with Crippen molar-refractivity contribution >= 4 is 16.9 Å². The molecule has 0 unspecified atom stereocenters. The molecule has 2 bridgehead atoms. The third-order valence-electron chi connectivity index (χ3n) is 8.06. The van der Waals surface area contributed by atoms with Gasteiger partial charge in [-0.2, -0.15) is 0 Å². The molecule has 0 saturated heterocycles. The van der Waals surface area contributed by atoms with Gasteiger partial charge in [-0.05, 0) is 49.1 Å². The summed E-state index contributed by atoms with van der Waals surface area (Å²) >= 11 is 0.